The number of aliphatic imine (C=N–C) groups is 1. The second-order valence-electron chi connectivity index (χ2n) is 6.05. The molecule has 0 saturated carbocycles. The van der Waals surface area contributed by atoms with E-state index in [-0.39, 0.29) is 12.6 Å². The molecule has 0 aromatic carbocycles. The monoisotopic (exact) mass is 317 g/mol. The zero-order valence-electron chi connectivity index (χ0n) is 13.8. The predicted molar refractivity (Wildman–Crippen MR) is 86.8 cm³/mol. The molecule has 0 saturated heterocycles. The molecular weight excluding hydrogens is 290 g/mol. The summed E-state index contributed by atoms with van der Waals surface area (Å²) in [4.78, 5) is 17.0. The van der Waals surface area contributed by atoms with Crippen LogP contribution >= 0.6 is 0 Å². The van der Waals surface area contributed by atoms with Crippen molar-refractivity contribution in [3.63, 3.8) is 0 Å². The van der Waals surface area contributed by atoms with Gasteiger partial charge in [0.25, 0.3) is 0 Å². The number of nitrogens with zero attached hydrogens (tertiary/aromatic N) is 2. The van der Waals surface area contributed by atoms with Gasteiger partial charge in [0.05, 0.1) is 6.54 Å². The van der Waals surface area contributed by atoms with Gasteiger partial charge in [-0.15, -0.1) is 0 Å². The average Bonchev–Trinajstić information content (AvgIpc) is 2.39. The second-order valence-corrected chi connectivity index (χ2v) is 7.92. The summed E-state index contributed by atoms with van der Waals surface area (Å²) < 4.78 is 22.2. The first-order valence-electron chi connectivity index (χ1n) is 6.93. The maximum atomic E-state index is 11.3. The molecule has 0 spiro atoms. The Morgan fingerprint density at radius 3 is 2.33 bits per heavy atom. The molecule has 122 valence electrons. The summed E-state index contributed by atoms with van der Waals surface area (Å²) in [6.07, 6.45) is 2.74. The van der Waals surface area contributed by atoms with E-state index in [0.29, 0.717) is 5.84 Å². The van der Waals surface area contributed by atoms with Crippen LogP contribution in [-0.2, 0) is 14.6 Å². The number of nitrogens with one attached hydrogen (secondary N) is 1. The van der Waals surface area contributed by atoms with E-state index in [0.717, 1.165) is 24.5 Å². The van der Waals surface area contributed by atoms with Gasteiger partial charge < -0.3 is 9.69 Å². The molecular formula is C14H27N3O3S. The summed E-state index contributed by atoms with van der Waals surface area (Å²) in [5, 5.41) is 8.32. The fraction of sp³-hybridized carbons (Fsp3) is 0.786. The molecule has 0 aliphatic heterocycles. The minimum Gasteiger partial charge on any atom is -0.361 e. The first-order chi connectivity index (χ1) is 9.46. The first-order valence-corrected chi connectivity index (χ1v) is 8.89. The molecule has 0 heterocycles. The van der Waals surface area contributed by atoms with E-state index in [9.17, 15) is 13.2 Å². The van der Waals surface area contributed by atoms with E-state index in [1.807, 2.05) is 25.8 Å². The number of hydrogen-bond acceptors (Lipinski definition) is 5. The minimum absolute atomic E-state index is 0.0957. The quantitative estimate of drug-likeness (QED) is 0.418. The van der Waals surface area contributed by atoms with E-state index >= 15 is 0 Å². The lowest BCUT2D eigenvalue weighted by Gasteiger charge is -2.36. The van der Waals surface area contributed by atoms with Crippen LogP contribution in [0.4, 0.5) is 0 Å². The maximum Gasteiger partial charge on any atom is 0.185 e. The van der Waals surface area contributed by atoms with Gasteiger partial charge in [0, 0.05) is 30.7 Å². The van der Waals surface area contributed by atoms with Crippen LogP contribution < -0.4 is 0 Å². The van der Waals surface area contributed by atoms with Gasteiger partial charge in [-0.1, -0.05) is 20.8 Å². The molecule has 0 rings (SSSR count). The summed E-state index contributed by atoms with van der Waals surface area (Å²) in [7, 11) is -1.49. The van der Waals surface area contributed by atoms with Crippen LogP contribution in [0.15, 0.2) is 4.99 Å². The summed E-state index contributed by atoms with van der Waals surface area (Å²) in [6, 6.07) is 0.168. The summed E-state index contributed by atoms with van der Waals surface area (Å²) in [6.45, 7) is 7.59. The van der Waals surface area contributed by atoms with E-state index in [1.165, 1.54) is 0 Å². The lowest BCUT2D eigenvalue weighted by Crippen LogP contribution is -2.45. The van der Waals surface area contributed by atoms with Crippen molar-refractivity contribution < 1.29 is 13.2 Å². The third-order valence-electron chi connectivity index (χ3n) is 3.72. The molecule has 0 aliphatic carbocycles. The predicted octanol–water partition coefficient (Wildman–Crippen LogP) is 1.61. The van der Waals surface area contributed by atoms with E-state index in [1.54, 1.807) is 13.8 Å². The third-order valence-corrected chi connectivity index (χ3v) is 4.25. The Morgan fingerprint density at radius 1 is 1.43 bits per heavy atom. The molecule has 2 unspecified atom stereocenters. The topological polar surface area (TPSA) is 90.7 Å². The van der Waals surface area contributed by atoms with Crippen molar-refractivity contribution in [2.24, 2.45) is 16.3 Å². The summed E-state index contributed by atoms with van der Waals surface area (Å²) in [5.74, 6) is -0.167. The molecule has 0 fully saturated rings. The number of carbonyl (C=O) groups is 1. The first kappa shape index (κ1) is 19.8. The molecule has 0 aromatic rings. The molecule has 0 bridgehead atoms. The fourth-order valence-electron chi connectivity index (χ4n) is 1.80. The number of amidine groups is 1. The number of aldehydes is 1. The van der Waals surface area contributed by atoms with E-state index in [2.05, 4.69) is 4.99 Å². The van der Waals surface area contributed by atoms with Crippen LogP contribution in [0.3, 0.4) is 0 Å². The standard InChI is InChI=1S/C14H27N3O3S/c1-7-11(2)17(5)13(15)12(14(3,4)9-18)8-16-10-21(6,19)20/h9-12,15H,7-8H2,1-6H3. The molecule has 6 nitrogen and oxygen atoms in total. The van der Waals surface area contributed by atoms with Gasteiger partial charge in [-0.2, -0.15) is 0 Å². The van der Waals surface area contributed by atoms with E-state index < -0.39 is 21.2 Å². The minimum atomic E-state index is -3.30. The zero-order chi connectivity index (χ0) is 16.8. The number of carbonyl (C=O) groups excluding carboxylic acids is 1. The Hall–Kier alpha value is -1.24. The highest BCUT2D eigenvalue weighted by Crippen LogP contribution is 2.27. The van der Waals surface area contributed by atoms with Gasteiger partial charge >= 0.3 is 0 Å². The summed E-state index contributed by atoms with van der Waals surface area (Å²) in [5.41, 5.74) is 0.102. The molecule has 2 atom stereocenters. The van der Waals surface area contributed by atoms with E-state index in [4.69, 9.17) is 5.41 Å². The Labute approximate surface area is 128 Å². The lowest BCUT2D eigenvalue weighted by atomic mass is 9.78. The van der Waals surface area contributed by atoms with Crippen LogP contribution in [0.2, 0.25) is 0 Å². The van der Waals surface area contributed by atoms with Crippen molar-refractivity contribution >= 4 is 27.5 Å². The van der Waals surface area contributed by atoms with Crippen molar-refractivity contribution in [2.75, 3.05) is 19.8 Å². The lowest BCUT2D eigenvalue weighted by molar-refractivity contribution is -0.116. The molecule has 7 heteroatoms. The highest BCUT2D eigenvalue weighted by Gasteiger charge is 2.34. The maximum absolute atomic E-state index is 11.3. The largest absolute Gasteiger partial charge is 0.361 e. The molecule has 1 N–H and O–H groups in total. The van der Waals surface area contributed by atoms with Gasteiger partial charge in [-0.05, 0) is 13.3 Å². The Bertz CT molecular complexity index is 498. The normalized spacial score (nSPS) is 15.7. The molecule has 21 heavy (non-hydrogen) atoms. The third kappa shape index (κ3) is 6.37. The zero-order valence-corrected chi connectivity index (χ0v) is 14.6. The average molecular weight is 317 g/mol. The molecule has 0 amide bonds. The van der Waals surface area contributed by atoms with Crippen molar-refractivity contribution in [1.29, 1.82) is 5.41 Å². The number of sulfone groups is 1. The van der Waals surface area contributed by atoms with Crippen LogP contribution in [-0.4, -0.2) is 56.9 Å². The number of hydrogen-bond donors (Lipinski definition) is 1. The van der Waals surface area contributed by atoms with Crippen molar-refractivity contribution in [2.45, 2.75) is 40.2 Å². The number of rotatable bonds is 8. The molecule has 0 aliphatic rings. The Morgan fingerprint density at radius 2 is 1.95 bits per heavy atom. The molecule has 0 aromatic heterocycles. The highest BCUT2D eigenvalue weighted by molar-refractivity contribution is 8.03. The van der Waals surface area contributed by atoms with Crippen molar-refractivity contribution in [3.8, 4) is 0 Å². The Kier molecular flexibility index (Phi) is 7.23. The highest BCUT2D eigenvalue weighted by atomic mass is 32.2. The van der Waals surface area contributed by atoms with Crippen LogP contribution in [0.5, 0.6) is 0 Å². The fourth-order valence-corrected chi connectivity index (χ4v) is 2.15. The van der Waals surface area contributed by atoms with Crippen molar-refractivity contribution in [3.05, 3.63) is 0 Å². The van der Waals surface area contributed by atoms with Crippen molar-refractivity contribution in [1.82, 2.24) is 4.90 Å². The SMILES string of the molecule is CCC(C)N(C)C(=N)C(CN=CS(C)(=O)=O)C(C)(C)C=O. The smallest absolute Gasteiger partial charge is 0.185 e. The molecule has 0 radical (unpaired) electrons. The van der Waals surface area contributed by atoms with Crippen LogP contribution in [0, 0.1) is 16.7 Å². The second kappa shape index (κ2) is 7.68. The summed E-state index contributed by atoms with van der Waals surface area (Å²) >= 11 is 0. The van der Waals surface area contributed by atoms with Gasteiger partial charge in [0.2, 0.25) is 0 Å². The van der Waals surface area contributed by atoms with Gasteiger partial charge in [0.15, 0.2) is 9.84 Å². The van der Waals surface area contributed by atoms with Gasteiger partial charge in [-0.25, -0.2) is 8.42 Å². The van der Waals surface area contributed by atoms with Crippen LogP contribution in [0.1, 0.15) is 34.1 Å². The van der Waals surface area contributed by atoms with Gasteiger partial charge in [-0.3, -0.25) is 10.4 Å². The Balaban J connectivity index is 5.30. The van der Waals surface area contributed by atoms with Crippen LogP contribution in [0.25, 0.3) is 0 Å². The van der Waals surface area contributed by atoms with Gasteiger partial charge in [0.1, 0.15) is 17.7 Å².